The highest BCUT2D eigenvalue weighted by atomic mass is 14.7. The summed E-state index contributed by atoms with van der Waals surface area (Å²) in [5.74, 6) is 0. The van der Waals surface area contributed by atoms with Gasteiger partial charge in [0.05, 0.1) is 0 Å². The lowest BCUT2D eigenvalue weighted by Crippen LogP contribution is -1.99. The van der Waals surface area contributed by atoms with Crippen LogP contribution in [-0.4, -0.2) is 12.8 Å². The summed E-state index contributed by atoms with van der Waals surface area (Å²) >= 11 is 0. The SMILES string of the molecule is [B]c1ccc(-c2cc(C)nc(C)c2)cc1. The molecular weight excluding hydrogens is 181 g/mol. The highest BCUT2D eigenvalue weighted by molar-refractivity contribution is 6.32. The second kappa shape index (κ2) is 3.89. The predicted octanol–water partition coefficient (Wildman–Crippen LogP) is 2.16. The molecule has 1 aromatic carbocycles. The van der Waals surface area contributed by atoms with E-state index < -0.39 is 0 Å². The summed E-state index contributed by atoms with van der Waals surface area (Å²) in [6.07, 6.45) is 0. The molecule has 0 saturated heterocycles. The lowest BCUT2D eigenvalue weighted by atomic mass is 9.93. The predicted molar refractivity (Wildman–Crippen MR) is 64.5 cm³/mol. The number of aromatic nitrogens is 1. The fraction of sp³-hybridized carbons (Fsp3) is 0.154. The molecule has 1 nitrogen and oxygen atoms in total. The molecule has 2 rings (SSSR count). The molecule has 15 heavy (non-hydrogen) atoms. The zero-order chi connectivity index (χ0) is 10.8. The average Bonchev–Trinajstić information content (AvgIpc) is 2.17. The summed E-state index contributed by atoms with van der Waals surface area (Å²) in [6.45, 7) is 4.02. The van der Waals surface area contributed by atoms with E-state index in [0.717, 1.165) is 16.9 Å². The third-order valence-electron chi connectivity index (χ3n) is 2.33. The van der Waals surface area contributed by atoms with Crippen LogP contribution in [0.3, 0.4) is 0 Å². The van der Waals surface area contributed by atoms with Gasteiger partial charge in [-0.3, -0.25) is 4.98 Å². The molecule has 0 spiro atoms. The largest absolute Gasteiger partial charge is 0.258 e. The van der Waals surface area contributed by atoms with Crippen LogP contribution in [0.15, 0.2) is 36.4 Å². The first-order valence-electron chi connectivity index (χ1n) is 4.96. The molecule has 2 heteroatoms. The fourth-order valence-corrected chi connectivity index (χ4v) is 1.68. The van der Waals surface area contributed by atoms with Crippen molar-refractivity contribution in [3.63, 3.8) is 0 Å². The van der Waals surface area contributed by atoms with Crippen LogP contribution in [0, 0.1) is 13.8 Å². The van der Waals surface area contributed by atoms with Crippen molar-refractivity contribution in [1.82, 2.24) is 4.98 Å². The highest BCUT2D eigenvalue weighted by Crippen LogP contribution is 2.19. The summed E-state index contributed by atoms with van der Waals surface area (Å²) < 4.78 is 0. The first-order valence-corrected chi connectivity index (χ1v) is 4.96. The Bertz CT molecular complexity index is 454. The molecule has 0 bridgehead atoms. The minimum Gasteiger partial charge on any atom is -0.258 e. The normalized spacial score (nSPS) is 10.3. The van der Waals surface area contributed by atoms with Gasteiger partial charge in [0.1, 0.15) is 7.85 Å². The second-order valence-electron chi connectivity index (χ2n) is 3.76. The van der Waals surface area contributed by atoms with E-state index in [2.05, 4.69) is 17.1 Å². The Hall–Kier alpha value is -1.57. The molecule has 72 valence electrons. The van der Waals surface area contributed by atoms with Crippen molar-refractivity contribution in [3.05, 3.63) is 47.8 Å². The van der Waals surface area contributed by atoms with Crippen molar-refractivity contribution in [2.45, 2.75) is 13.8 Å². The fourth-order valence-electron chi connectivity index (χ4n) is 1.68. The summed E-state index contributed by atoms with van der Waals surface area (Å²) in [7, 11) is 5.65. The van der Waals surface area contributed by atoms with Gasteiger partial charge in [-0.25, -0.2) is 0 Å². The zero-order valence-electron chi connectivity index (χ0n) is 8.99. The molecular formula is C13H12BN. The number of nitrogens with zero attached hydrogens (tertiary/aromatic N) is 1. The number of hydrogen-bond acceptors (Lipinski definition) is 1. The Balaban J connectivity index is 2.49. The first kappa shape index (κ1) is 9.97. The Kier molecular flexibility index (Phi) is 2.59. The topological polar surface area (TPSA) is 12.9 Å². The summed E-state index contributed by atoms with van der Waals surface area (Å²) in [5, 5.41) is 0. The molecule has 0 fully saturated rings. The molecule has 0 N–H and O–H groups in total. The monoisotopic (exact) mass is 193 g/mol. The lowest BCUT2D eigenvalue weighted by Gasteiger charge is -2.05. The van der Waals surface area contributed by atoms with E-state index >= 15 is 0 Å². The highest BCUT2D eigenvalue weighted by Gasteiger charge is 1.99. The van der Waals surface area contributed by atoms with Crippen molar-refractivity contribution in [1.29, 1.82) is 0 Å². The third kappa shape index (κ3) is 2.27. The van der Waals surface area contributed by atoms with Gasteiger partial charge in [0, 0.05) is 11.4 Å². The minimum atomic E-state index is 0.793. The van der Waals surface area contributed by atoms with Crippen LogP contribution in [0.1, 0.15) is 11.4 Å². The van der Waals surface area contributed by atoms with Gasteiger partial charge in [0.25, 0.3) is 0 Å². The molecule has 0 saturated carbocycles. The summed E-state index contributed by atoms with van der Waals surface area (Å²) in [6, 6.07) is 12.1. The summed E-state index contributed by atoms with van der Waals surface area (Å²) in [5.41, 5.74) is 5.25. The van der Waals surface area contributed by atoms with Gasteiger partial charge in [-0.2, -0.15) is 0 Å². The van der Waals surface area contributed by atoms with E-state index in [1.54, 1.807) is 0 Å². The van der Waals surface area contributed by atoms with Crippen LogP contribution in [0.25, 0.3) is 11.1 Å². The van der Waals surface area contributed by atoms with E-state index in [4.69, 9.17) is 7.85 Å². The van der Waals surface area contributed by atoms with E-state index in [1.165, 1.54) is 11.1 Å². The molecule has 0 aliphatic heterocycles. The first-order chi connectivity index (χ1) is 7.15. The van der Waals surface area contributed by atoms with Gasteiger partial charge in [-0.05, 0) is 37.1 Å². The van der Waals surface area contributed by atoms with Crippen molar-refractivity contribution in [2.24, 2.45) is 0 Å². The number of aryl methyl sites for hydroxylation is 2. The standard InChI is InChI=1S/C13H12BN/c1-9-7-12(8-10(2)15-9)11-3-5-13(14)6-4-11/h3-8H,1-2H3. The number of hydrogen-bond donors (Lipinski definition) is 0. The number of pyridine rings is 1. The Morgan fingerprint density at radius 3 is 1.93 bits per heavy atom. The van der Waals surface area contributed by atoms with Crippen molar-refractivity contribution >= 4 is 13.3 Å². The lowest BCUT2D eigenvalue weighted by molar-refractivity contribution is 1.12. The van der Waals surface area contributed by atoms with Gasteiger partial charge in [-0.15, -0.1) is 0 Å². The van der Waals surface area contributed by atoms with Crippen LogP contribution in [-0.2, 0) is 0 Å². The van der Waals surface area contributed by atoms with Crippen LogP contribution < -0.4 is 5.46 Å². The van der Waals surface area contributed by atoms with Gasteiger partial charge in [0.2, 0.25) is 0 Å². The van der Waals surface area contributed by atoms with E-state index in [1.807, 2.05) is 38.1 Å². The Morgan fingerprint density at radius 2 is 1.40 bits per heavy atom. The minimum absolute atomic E-state index is 0.793. The van der Waals surface area contributed by atoms with Crippen LogP contribution >= 0.6 is 0 Å². The number of rotatable bonds is 1. The maximum Gasteiger partial charge on any atom is 0.113 e. The van der Waals surface area contributed by atoms with Gasteiger partial charge in [0.15, 0.2) is 0 Å². The van der Waals surface area contributed by atoms with E-state index in [0.29, 0.717) is 0 Å². The maximum absolute atomic E-state index is 5.65. The van der Waals surface area contributed by atoms with Gasteiger partial charge in [-0.1, -0.05) is 29.7 Å². The smallest absolute Gasteiger partial charge is 0.113 e. The molecule has 0 aliphatic carbocycles. The summed E-state index contributed by atoms with van der Waals surface area (Å²) in [4.78, 5) is 4.35. The molecule has 0 atom stereocenters. The molecule has 0 aliphatic rings. The Labute approximate surface area is 91.6 Å². The van der Waals surface area contributed by atoms with Crippen molar-refractivity contribution in [2.75, 3.05) is 0 Å². The van der Waals surface area contributed by atoms with Crippen LogP contribution in [0.2, 0.25) is 0 Å². The zero-order valence-corrected chi connectivity index (χ0v) is 8.99. The number of benzene rings is 1. The molecule has 1 aromatic heterocycles. The Morgan fingerprint density at radius 1 is 0.867 bits per heavy atom. The van der Waals surface area contributed by atoms with Crippen LogP contribution in [0.5, 0.6) is 0 Å². The molecule has 0 unspecified atom stereocenters. The van der Waals surface area contributed by atoms with Crippen LogP contribution in [0.4, 0.5) is 0 Å². The van der Waals surface area contributed by atoms with Crippen molar-refractivity contribution < 1.29 is 0 Å². The van der Waals surface area contributed by atoms with E-state index in [-0.39, 0.29) is 0 Å². The maximum atomic E-state index is 5.65. The molecule has 1 heterocycles. The quantitative estimate of drug-likeness (QED) is 0.632. The molecule has 2 radical (unpaired) electrons. The third-order valence-corrected chi connectivity index (χ3v) is 2.33. The molecule has 2 aromatic rings. The van der Waals surface area contributed by atoms with Gasteiger partial charge < -0.3 is 0 Å². The second-order valence-corrected chi connectivity index (χ2v) is 3.76. The van der Waals surface area contributed by atoms with Gasteiger partial charge >= 0.3 is 0 Å². The molecule has 0 amide bonds. The van der Waals surface area contributed by atoms with Crippen molar-refractivity contribution in [3.8, 4) is 11.1 Å². The average molecular weight is 193 g/mol. The van der Waals surface area contributed by atoms with E-state index in [9.17, 15) is 0 Å².